The Morgan fingerprint density at radius 1 is 1.59 bits per heavy atom. The minimum atomic E-state index is -0.918. The van der Waals surface area contributed by atoms with Gasteiger partial charge < -0.3 is 10.4 Å². The van der Waals surface area contributed by atoms with Gasteiger partial charge in [-0.25, -0.2) is 4.79 Å². The molecule has 0 aliphatic rings. The normalized spacial score (nSPS) is 9.94. The molecule has 0 radical (unpaired) electrons. The molecule has 0 bridgehead atoms. The first-order valence-corrected chi connectivity index (χ1v) is 7.05. The Labute approximate surface area is 113 Å². The van der Waals surface area contributed by atoms with E-state index in [0.29, 0.717) is 11.3 Å². The fraction of sp³-hybridized carbons (Fsp3) is 0.250. The van der Waals surface area contributed by atoms with Crippen molar-refractivity contribution >= 4 is 39.3 Å². The van der Waals surface area contributed by atoms with Crippen molar-refractivity contribution in [3.63, 3.8) is 0 Å². The molecule has 0 aliphatic carbocycles. The highest BCUT2D eigenvalue weighted by atomic mass is 79.9. The predicted molar refractivity (Wildman–Crippen MR) is 77.1 cm³/mol. The van der Waals surface area contributed by atoms with Crippen molar-refractivity contribution in [1.82, 2.24) is 0 Å². The zero-order valence-corrected chi connectivity index (χ0v) is 11.7. The van der Waals surface area contributed by atoms with E-state index in [9.17, 15) is 4.79 Å². The van der Waals surface area contributed by atoms with Crippen molar-refractivity contribution in [2.75, 3.05) is 23.4 Å². The van der Waals surface area contributed by atoms with Crippen LogP contribution in [0.15, 0.2) is 35.3 Å². The third-order valence-electron chi connectivity index (χ3n) is 2.01. The lowest BCUT2D eigenvalue weighted by molar-refractivity contribution is 0.0698. The maximum atomic E-state index is 11.0. The molecule has 0 unspecified atom stereocenters. The van der Waals surface area contributed by atoms with Gasteiger partial charge in [-0.3, -0.25) is 0 Å². The number of carboxylic acids is 1. The Morgan fingerprint density at radius 2 is 2.35 bits per heavy atom. The van der Waals surface area contributed by atoms with Crippen molar-refractivity contribution in [2.24, 2.45) is 0 Å². The highest BCUT2D eigenvalue weighted by molar-refractivity contribution is 9.10. The van der Waals surface area contributed by atoms with Gasteiger partial charge in [-0.05, 0) is 18.2 Å². The number of benzene rings is 1. The molecule has 0 amide bonds. The summed E-state index contributed by atoms with van der Waals surface area (Å²) in [6.45, 7) is 4.37. The summed E-state index contributed by atoms with van der Waals surface area (Å²) < 4.78 is 0.865. The van der Waals surface area contributed by atoms with E-state index >= 15 is 0 Å². The van der Waals surface area contributed by atoms with E-state index in [1.54, 1.807) is 30.0 Å². The molecule has 5 heteroatoms. The van der Waals surface area contributed by atoms with Crippen LogP contribution in [0.1, 0.15) is 10.4 Å². The number of hydrogen-bond acceptors (Lipinski definition) is 3. The van der Waals surface area contributed by atoms with E-state index < -0.39 is 5.97 Å². The zero-order valence-electron chi connectivity index (χ0n) is 9.28. The number of hydrogen-bond donors (Lipinski definition) is 2. The van der Waals surface area contributed by atoms with Crippen molar-refractivity contribution in [1.29, 1.82) is 0 Å². The first kappa shape index (κ1) is 14.1. The van der Waals surface area contributed by atoms with Crippen molar-refractivity contribution in [3.8, 4) is 0 Å². The van der Waals surface area contributed by atoms with Crippen molar-refractivity contribution in [3.05, 3.63) is 40.9 Å². The number of carbonyl (C=O) groups is 1. The largest absolute Gasteiger partial charge is 0.478 e. The Bertz CT molecular complexity index is 409. The van der Waals surface area contributed by atoms with E-state index in [0.717, 1.165) is 22.5 Å². The molecule has 0 spiro atoms. The second-order valence-electron chi connectivity index (χ2n) is 3.29. The van der Waals surface area contributed by atoms with Gasteiger partial charge in [0.25, 0.3) is 0 Å². The molecule has 3 nitrogen and oxygen atoms in total. The summed E-state index contributed by atoms with van der Waals surface area (Å²) in [5, 5.41) is 12.2. The van der Waals surface area contributed by atoms with Gasteiger partial charge >= 0.3 is 5.97 Å². The summed E-state index contributed by atoms with van der Waals surface area (Å²) in [7, 11) is 0. The molecular formula is C12H14BrNO2S. The van der Waals surface area contributed by atoms with Crippen LogP contribution in [-0.4, -0.2) is 29.1 Å². The topological polar surface area (TPSA) is 49.3 Å². The third-order valence-corrected chi connectivity index (χ3v) is 3.47. The quantitative estimate of drug-likeness (QED) is 0.597. The number of aromatic carboxylic acids is 1. The van der Waals surface area contributed by atoms with Gasteiger partial charge in [0.2, 0.25) is 0 Å². The van der Waals surface area contributed by atoms with Crippen LogP contribution in [0.4, 0.5) is 5.69 Å². The number of rotatable bonds is 7. The first-order chi connectivity index (χ1) is 8.15. The highest BCUT2D eigenvalue weighted by Gasteiger charge is 2.09. The van der Waals surface area contributed by atoms with Gasteiger partial charge in [0.15, 0.2) is 0 Å². The third kappa shape index (κ3) is 4.83. The predicted octanol–water partition coefficient (Wildman–Crippen LogP) is 3.48. The summed E-state index contributed by atoms with van der Waals surface area (Å²) in [5.41, 5.74) is 0.938. The smallest absolute Gasteiger partial charge is 0.337 e. The lowest BCUT2D eigenvalue weighted by Crippen LogP contribution is -2.09. The summed E-state index contributed by atoms with van der Waals surface area (Å²) in [4.78, 5) is 11.0. The van der Waals surface area contributed by atoms with Crippen LogP contribution < -0.4 is 5.32 Å². The Balaban J connectivity index is 2.59. The minimum absolute atomic E-state index is 0.293. The summed E-state index contributed by atoms with van der Waals surface area (Å²) in [6.07, 6.45) is 1.85. The van der Waals surface area contributed by atoms with Crippen LogP contribution in [-0.2, 0) is 0 Å². The molecule has 17 heavy (non-hydrogen) atoms. The molecule has 0 fully saturated rings. The molecule has 2 N–H and O–H groups in total. The van der Waals surface area contributed by atoms with Gasteiger partial charge in [0.05, 0.1) is 5.56 Å². The maximum absolute atomic E-state index is 11.0. The van der Waals surface area contributed by atoms with Crippen molar-refractivity contribution in [2.45, 2.75) is 0 Å². The number of anilines is 1. The maximum Gasteiger partial charge on any atom is 0.337 e. The lowest BCUT2D eigenvalue weighted by atomic mass is 10.2. The van der Waals surface area contributed by atoms with Crippen LogP contribution in [0.2, 0.25) is 0 Å². The number of nitrogens with one attached hydrogen (secondary N) is 1. The molecule has 92 valence electrons. The number of carboxylic acid groups (broad SMARTS) is 1. The second-order valence-corrected chi connectivity index (χ2v) is 5.35. The molecule has 1 rings (SSSR count). The van der Waals surface area contributed by atoms with Gasteiger partial charge in [-0.2, -0.15) is 11.8 Å². The Morgan fingerprint density at radius 3 is 3.00 bits per heavy atom. The van der Waals surface area contributed by atoms with Gasteiger partial charge in [-0.15, -0.1) is 6.58 Å². The molecule has 1 aromatic carbocycles. The lowest BCUT2D eigenvalue weighted by Gasteiger charge is -2.09. The van der Waals surface area contributed by atoms with Crippen LogP contribution in [0.3, 0.4) is 0 Å². The second kappa shape index (κ2) is 7.40. The summed E-state index contributed by atoms with van der Waals surface area (Å²) in [6, 6.07) is 5.09. The van der Waals surface area contributed by atoms with E-state index in [2.05, 4.69) is 27.8 Å². The Kier molecular flexibility index (Phi) is 6.15. The summed E-state index contributed by atoms with van der Waals surface area (Å²) >= 11 is 5.08. The fourth-order valence-corrected chi connectivity index (χ4v) is 2.21. The van der Waals surface area contributed by atoms with Gasteiger partial charge in [0.1, 0.15) is 0 Å². The average Bonchev–Trinajstić information content (AvgIpc) is 2.28. The molecule has 0 aliphatic heterocycles. The molecular weight excluding hydrogens is 302 g/mol. The Hall–Kier alpha value is -0.940. The highest BCUT2D eigenvalue weighted by Crippen LogP contribution is 2.21. The van der Waals surface area contributed by atoms with E-state index in [1.165, 1.54) is 0 Å². The van der Waals surface area contributed by atoms with Gasteiger partial charge in [0, 0.05) is 28.2 Å². The van der Waals surface area contributed by atoms with Crippen LogP contribution in [0, 0.1) is 0 Å². The van der Waals surface area contributed by atoms with E-state index in [1.807, 2.05) is 6.08 Å². The molecule has 0 saturated heterocycles. The summed E-state index contributed by atoms with van der Waals surface area (Å²) in [5.74, 6) is 0.905. The molecule has 0 saturated carbocycles. The van der Waals surface area contributed by atoms with Gasteiger partial charge in [-0.1, -0.05) is 22.0 Å². The van der Waals surface area contributed by atoms with Crippen LogP contribution >= 0.6 is 27.7 Å². The minimum Gasteiger partial charge on any atom is -0.478 e. The molecule has 0 heterocycles. The fourth-order valence-electron chi connectivity index (χ4n) is 1.27. The average molecular weight is 316 g/mol. The SMILES string of the molecule is C=CCSCCNc1cc(Br)ccc1C(=O)O. The standard InChI is InChI=1S/C12H14BrNO2S/c1-2-6-17-7-5-14-11-8-9(13)3-4-10(11)12(15)16/h2-4,8,14H,1,5-7H2,(H,15,16). The zero-order chi connectivity index (χ0) is 12.7. The van der Waals surface area contributed by atoms with Crippen LogP contribution in [0.25, 0.3) is 0 Å². The monoisotopic (exact) mass is 315 g/mol. The molecule has 0 atom stereocenters. The number of thioether (sulfide) groups is 1. The number of halogens is 1. The molecule has 1 aromatic rings. The van der Waals surface area contributed by atoms with Crippen LogP contribution in [0.5, 0.6) is 0 Å². The van der Waals surface area contributed by atoms with Crippen molar-refractivity contribution < 1.29 is 9.90 Å². The molecule has 0 aromatic heterocycles. The van der Waals surface area contributed by atoms with E-state index in [-0.39, 0.29) is 0 Å². The first-order valence-electron chi connectivity index (χ1n) is 5.10. The van der Waals surface area contributed by atoms with E-state index in [4.69, 9.17) is 5.11 Å².